The van der Waals surface area contributed by atoms with Gasteiger partial charge in [0.05, 0.1) is 4.90 Å². The molecule has 350 valence electrons. The van der Waals surface area contributed by atoms with E-state index >= 15 is 13.2 Å². The highest BCUT2D eigenvalue weighted by atomic mass is 32.2. The van der Waals surface area contributed by atoms with Crippen LogP contribution < -0.4 is 0 Å². The minimum Gasteiger partial charge on any atom is -0.452 e. The lowest BCUT2D eigenvalue weighted by atomic mass is 9.39. The standard InChI is InChI=1S/C30H40F2O3S.C23H34F2O2/c1-21-3-7-23(8-4-21)27-11-14-28(15-12-27,16-13-27)29-17-19-30(20-18-29,26(32)25(29)31)35-36(33,34)24-9-5-22(2)6-10-24;1-15-3-5-17(6-4-15)18-7-9-19(10-8-18)22-11-13-23(14-12-22,27-16(2)26)21(25)20(22)24/h5-6,9-10,21,23H,3-4,7-8,11-20H2,1-2H3;15,17-19H,3-14H2,1-2H3. The molecule has 12 aliphatic rings. The Morgan fingerprint density at radius 3 is 1.54 bits per heavy atom. The van der Waals surface area contributed by atoms with Gasteiger partial charge in [-0.1, -0.05) is 57.2 Å². The van der Waals surface area contributed by atoms with Crippen molar-refractivity contribution in [3.05, 3.63) is 53.1 Å². The number of fused-ring (bicyclic) bond motifs is 7. The van der Waals surface area contributed by atoms with Crippen LogP contribution in [0.3, 0.4) is 0 Å². The van der Waals surface area contributed by atoms with Gasteiger partial charge >= 0.3 is 5.97 Å². The third kappa shape index (κ3) is 7.73. The van der Waals surface area contributed by atoms with Crippen molar-refractivity contribution < 1.29 is 39.7 Å². The van der Waals surface area contributed by atoms with Gasteiger partial charge in [-0.2, -0.15) is 8.42 Å². The molecule has 6 bridgehead atoms. The Labute approximate surface area is 375 Å². The summed E-state index contributed by atoms with van der Waals surface area (Å²) in [5.41, 5.74) is -3.28. The summed E-state index contributed by atoms with van der Waals surface area (Å²) in [5, 5.41) is 0. The molecule has 5 nitrogen and oxygen atoms in total. The van der Waals surface area contributed by atoms with Crippen LogP contribution in [0.4, 0.5) is 17.6 Å². The van der Waals surface area contributed by atoms with E-state index in [0.717, 1.165) is 86.5 Å². The average Bonchev–Trinajstić information content (AvgIpc) is 3.29. The Bertz CT molecular complexity index is 2010. The normalized spacial score (nSPS) is 43.7. The van der Waals surface area contributed by atoms with Gasteiger partial charge in [-0.25, -0.2) is 17.6 Å². The second-order valence-corrected chi connectivity index (χ2v) is 24.7. The van der Waals surface area contributed by atoms with E-state index < -0.39 is 61.4 Å². The van der Waals surface area contributed by atoms with Crippen LogP contribution in [0.25, 0.3) is 0 Å². The van der Waals surface area contributed by atoms with Crippen LogP contribution in [0.2, 0.25) is 0 Å². The number of allylic oxidation sites excluding steroid dienone is 2. The second-order valence-electron chi connectivity index (χ2n) is 23.2. The highest BCUT2D eigenvalue weighted by molar-refractivity contribution is 7.86. The van der Waals surface area contributed by atoms with Crippen molar-refractivity contribution in [2.45, 2.75) is 211 Å². The number of benzene rings is 1. The number of aryl methyl sites for hydroxylation is 1. The molecule has 0 saturated heterocycles. The summed E-state index contributed by atoms with van der Waals surface area (Å²) in [6.45, 7) is 7.87. The number of hydrogen-bond acceptors (Lipinski definition) is 5. The van der Waals surface area contributed by atoms with Crippen LogP contribution >= 0.6 is 0 Å². The van der Waals surface area contributed by atoms with Crippen molar-refractivity contribution in [2.75, 3.05) is 0 Å². The fraction of sp³-hybridized carbons (Fsp3) is 0.792. The number of hydrogen-bond donors (Lipinski definition) is 0. The molecule has 12 aliphatic carbocycles. The predicted molar refractivity (Wildman–Crippen MR) is 237 cm³/mol. The summed E-state index contributed by atoms with van der Waals surface area (Å²) in [7, 11) is -4.20. The molecule has 1 aromatic rings. The van der Waals surface area contributed by atoms with E-state index in [1.165, 1.54) is 83.3 Å². The van der Waals surface area contributed by atoms with Gasteiger partial charge in [0.25, 0.3) is 10.1 Å². The topological polar surface area (TPSA) is 69.7 Å². The van der Waals surface area contributed by atoms with E-state index in [9.17, 15) is 17.6 Å². The molecule has 0 heterocycles. The van der Waals surface area contributed by atoms with E-state index in [1.54, 1.807) is 12.1 Å². The highest BCUT2D eigenvalue weighted by Crippen LogP contribution is 2.74. The van der Waals surface area contributed by atoms with Gasteiger partial charge in [0.15, 0.2) is 17.3 Å². The lowest BCUT2D eigenvalue weighted by Crippen LogP contribution is -2.59. The van der Waals surface area contributed by atoms with Gasteiger partial charge in [0.1, 0.15) is 17.3 Å². The Morgan fingerprint density at radius 2 is 1.02 bits per heavy atom. The van der Waals surface area contributed by atoms with Crippen molar-refractivity contribution in [3.8, 4) is 0 Å². The zero-order valence-electron chi connectivity index (χ0n) is 38.6. The van der Waals surface area contributed by atoms with E-state index in [0.29, 0.717) is 43.9 Å². The van der Waals surface area contributed by atoms with Crippen molar-refractivity contribution in [1.82, 2.24) is 0 Å². The van der Waals surface area contributed by atoms with Gasteiger partial charge in [-0.15, -0.1) is 0 Å². The SMILES string of the molecule is CC(=O)OC12CCC(C3CCC(C4CCC(C)CC4)CC3)(CC1)C(F)=C2F.Cc1ccc(S(=O)(=O)OC23CCC(C45CCC(C6CCC(C)CC6)(CC4)CC5)(CC2)C(F)=C3F)cc1. The Kier molecular flexibility index (Phi) is 12.3. The van der Waals surface area contributed by atoms with Crippen LogP contribution in [0.5, 0.6) is 0 Å². The maximum atomic E-state index is 16.2. The zero-order valence-corrected chi connectivity index (χ0v) is 39.4. The highest BCUT2D eigenvalue weighted by Gasteiger charge is 2.68. The Hall–Kier alpha value is -2.20. The van der Waals surface area contributed by atoms with Crippen molar-refractivity contribution in [2.24, 2.45) is 57.2 Å². The molecule has 0 radical (unpaired) electrons. The number of carbonyl (C=O) groups excluding carboxylic acids is 1. The first-order chi connectivity index (χ1) is 29.9. The molecule has 13 rings (SSSR count). The zero-order chi connectivity index (χ0) is 44.6. The lowest BCUT2D eigenvalue weighted by Gasteiger charge is -2.66. The van der Waals surface area contributed by atoms with E-state index in [-0.39, 0.29) is 29.1 Å². The first-order valence-corrected chi connectivity index (χ1v) is 26.7. The molecule has 0 aromatic heterocycles. The summed E-state index contributed by atoms with van der Waals surface area (Å²) in [6, 6.07) is 6.31. The molecule has 0 aliphatic heterocycles. The van der Waals surface area contributed by atoms with Crippen molar-refractivity contribution in [3.63, 3.8) is 0 Å². The molecule has 10 heteroatoms. The van der Waals surface area contributed by atoms with Crippen LogP contribution in [-0.4, -0.2) is 25.6 Å². The van der Waals surface area contributed by atoms with Crippen LogP contribution in [0.15, 0.2) is 52.5 Å². The van der Waals surface area contributed by atoms with Crippen LogP contribution in [-0.2, 0) is 23.8 Å². The Morgan fingerprint density at radius 1 is 0.556 bits per heavy atom. The molecule has 8 fully saturated rings. The molecule has 0 N–H and O–H groups in total. The fourth-order valence-corrected chi connectivity index (χ4v) is 17.3. The van der Waals surface area contributed by atoms with E-state index in [4.69, 9.17) is 8.92 Å². The first-order valence-electron chi connectivity index (χ1n) is 25.3. The van der Waals surface area contributed by atoms with Gasteiger partial charge in [0.2, 0.25) is 0 Å². The molecule has 8 saturated carbocycles. The smallest absolute Gasteiger partial charge is 0.303 e. The van der Waals surface area contributed by atoms with Crippen molar-refractivity contribution >= 4 is 16.1 Å². The third-order valence-corrected chi connectivity index (χ3v) is 21.7. The summed E-state index contributed by atoms with van der Waals surface area (Å²) in [6.07, 6.45) is 25.1. The van der Waals surface area contributed by atoms with Crippen LogP contribution in [0, 0.1) is 64.1 Å². The van der Waals surface area contributed by atoms with Gasteiger partial charge in [-0.3, -0.25) is 8.98 Å². The molecule has 1 aromatic carbocycles. The Balaban J connectivity index is 0.000000167. The minimum atomic E-state index is -4.20. The molecular formula is C53H74F4O5S. The molecule has 0 spiro atoms. The first kappa shape index (κ1) is 45.9. The number of esters is 1. The molecular weight excluding hydrogens is 825 g/mol. The van der Waals surface area contributed by atoms with E-state index in [2.05, 4.69) is 13.8 Å². The predicted octanol–water partition coefficient (Wildman–Crippen LogP) is 15.0. The number of ether oxygens (including phenoxy) is 1. The van der Waals surface area contributed by atoms with Crippen molar-refractivity contribution in [1.29, 1.82) is 0 Å². The lowest BCUT2D eigenvalue weighted by molar-refractivity contribution is -0.166. The molecule has 63 heavy (non-hydrogen) atoms. The largest absolute Gasteiger partial charge is 0.452 e. The minimum absolute atomic E-state index is 0.00954. The number of carbonyl (C=O) groups is 1. The summed E-state index contributed by atoms with van der Waals surface area (Å²) in [5.74, 6) is 0.871. The fourth-order valence-electron chi connectivity index (χ4n) is 16.1. The second kappa shape index (κ2) is 16.8. The number of rotatable bonds is 8. The van der Waals surface area contributed by atoms with E-state index in [1.807, 2.05) is 6.92 Å². The average molecular weight is 899 g/mol. The van der Waals surface area contributed by atoms with Gasteiger partial charge in [0, 0.05) is 17.8 Å². The summed E-state index contributed by atoms with van der Waals surface area (Å²) in [4.78, 5) is 11.4. The van der Waals surface area contributed by atoms with Gasteiger partial charge < -0.3 is 4.74 Å². The maximum Gasteiger partial charge on any atom is 0.303 e. The number of halogens is 4. The van der Waals surface area contributed by atoms with Gasteiger partial charge in [-0.05, 0) is 207 Å². The summed E-state index contributed by atoms with van der Waals surface area (Å²) < 4.78 is 99.1. The third-order valence-electron chi connectivity index (χ3n) is 20.3. The summed E-state index contributed by atoms with van der Waals surface area (Å²) >= 11 is 0. The maximum absolute atomic E-state index is 16.2. The molecule has 0 atom stereocenters. The monoisotopic (exact) mass is 899 g/mol. The quantitative estimate of drug-likeness (QED) is 0.148. The van der Waals surface area contributed by atoms with Crippen LogP contribution in [0.1, 0.15) is 193 Å². The molecule has 0 amide bonds. The molecule has 0 unspecified atom stereocenters.